The Balaban J connectivity index is 2.03. The maximum Gasteiger partial charge on any atom is 0.247 e. The summed E-state index contributed by atoms with van der Waals surface area (Å²) in [4.78, 5) is 15.0. The van der Waals surface area contributed by atoms with Gasteiger partial charge >= 0.3 is 0 Å². The maximum atomic E-state index is 12.4. The summed E-state index contributed by atoms with van der Waals surface area (Å²) in [7, 11) is 0. The number of hydrogen-bond acceptors (Lipinski definition) is 2. The van der Waals surface area contributed by atoms with Crippen molar-refractivity contribution in [1.82, 2.24) is 10.2 Å². The van der Waals surface area contributed by atoms with Gasteiger partial charge < -0.3 is 5.32 Å². The topological polar surface area (TPSA) is 35.4 Å². The van der Waals surface area contributed by atoms with Gasteiger partial charge in [0.25, 0.3) is 0 Å². The molecule has 0 spiro atoms. The highest BCUT2D eigenvalue weighted by molar-refractivity contribution is 5.78. The van der Waals surface area contributed by atoms with E-state index in [1.165, 1.54) is 173 Å². The molecule has 1 amide bonds. The number of amides is 1. The number of allylic oxidation sites excluding steroid dienone is 4. The van der Waals surface area contributed by atoms with Crippen molar-refractivity contribution in [3.63, 3.8) is 0 Å². The lowest BCUT2D eigenvalue weighted by Gasteiger charge is -2.12. The van der Waals surface area contributed by atoms with Gasteiger partial charge in [0.15, 0.2) is 0 Å². The first-order valence-electron chi connectivity index (χ1n) is 20.6. The molecule has 268 valence electrons. The lowest BCUT2D eigenvalue weighted by atomic mass is 10.1. The number of rotatable bonds is 34. The van der Waals surface area contributed by atoms with Crippen molar-refractivity contribution in [3.8, 4) is 0 Å². The summed E-state index contributed by atoms with van der Waals surface area (Å²) < 4.78 is 2.54. The zero-order valence-corrected chi connectivity index (χ0v) is 31.4. The lowest BCUT2D eigenvalue weighted by molar-refractivity contribution is -0.517. The van der Waals surface area contributed by atoms with E-state index in [9.17, 15) is 4.79 Å². The van der Waals surface area contributed by atoms with E-state index in [1.54, 1.807) is 0 Å². The Kier molecular flexibility index (Phi) is 30.7. The average molecular weight is 643 g/mol. The normalized spacial score (nSPS) is 13.7. The molecule has 0 aliphatic carbocycles. The summed E-state index contributed by atoms with van der Waals surface area (Å²) in [6.45, 7) is 11.9. The molecular weight excluding hydrogens is 562 g/mol. The summed E-state index contributed by atoms with van der Waals surface area (Å²) in [6.07, 6.45) is 45.9. The van der Waals surface area contributed by atoms with Gasteiger partial charge in [-0.1, -0.05) is 141 Å². The van der Waals surface area contributed by atoms with Gasteiger partial charge in [-0.15, -0.1) is 0 Å². The van der Waals surface area contributed by atoms with E-state index in [-0.39, 0.29) is 5.91 Å². The average Bonchev–Trinajstić information content (AvgIpc) is 3.46. The first kappa shape index (κ1) is 42.4. The molecule has 0 aromatic carbocycles. The Morgan fingerprint density at radius 3 is 1.52 bits per heavy atom. The minimum Gasteiger partial charge on any atom is -0.352 e. The van der Waals surface area contributed by atoms with Gasteiger partial charge in [-0.25, -0.2) is 0 Å². The fraction of sp³-hybridized carbons (Fsp3) is 0.857. The number of carbonyl (C=O) groups is 1. The van der Waals surface area contributed by atoms with E-state index in [4.69, 9.17) is 0 Å². The Hall–Kier alpha value is -1.58. The third-order valence-corrected chi connectivity index (χ3v) is 9.78. The lowest BCUT2D eigenvalue weighted by Crippen LogP contribution is -2.33. The van der Waals surface area contributed by atoms with Crippen molar-refractivity contribution >= 4 is 11.7 Å². The molecule has 1 heterocycles. The summed E-state index contributed by atoms with van der Waals surface area (Å²) in [5, 5.41) is 3.21. The molecule has 0 unspecified atom stereocenters. The van der Waals surface area contributed by atoms with Crippen LogP contribution in [0.2, 0.25) is 0 Å². The molecule has 0 fully saturated rings. The summed E-state index contributed by atoms with van der Waals surface area (Å²) in [5.74, 6) is 1.76. The van der Waals surface area contributed by atoms with Crippen molar-refractivity contribution in [1.29, 1.82) is 0 Å². The first-order valence-corrected chi connectivity index (χ1v) is 20.6. The van der Waals surface area contributed by atoms with Crippen LogP contribution in [0.3, 0.4) is 0 Å². The van der Waals surface area contributed by atoms with Gasteiger partial charge in [0, 0.05) is 12.8 Å². The Morgan fingerprint density at radius 2 is 1.04 bits per heavy atom. The molecule has 0 atom stereocenters. The number of hydrogen-bond donors (Lipinski definition) is 1. The second kappa shape index (κ2) is 33.3. The maximum absolute atomic E-state index is 12.4. The molecule has 0 radical (unpaired) electrons. The highest BCUT2D eigenvalue weighted by Crippen LogP contribution is 2.14. The minimum absolute atomic E-state index is 0.239. The van der Waals surface area contributed by atoms with Crippen LogP contribution in [-0.2, 0) is 4.79 Å². The van der Waals surface area contributed by atoms with Gasteiger partial charge in [-0.2, -0.15) is 0 Å². The molecule has 4 nitrogen and oxygen atoms in total. The third-order valence-electron chi connectivity index (χ3n) is 9.78. The molecule has 1 aliphatic rings. The SMILES string of the molecule is CCCCCCCC/C=C/CCCCCCCC(=O)NCC[N+]1=C(CCCCCCC/C=C/CCCCCCCC)N(CC)CC1. The minimum atomic E-state index is 0.239. The van der Waals surface area contributed by atoms with E-state index in [0.717, 1.165) is 39.1 Å². The predicted octanol–water partition coefficient (Wildman–Crippen LogP) is 11.9. The molecule has 0 bridgehead atoms. The van der Waals surface area contributed by atoms with E-state index >= 15 is 0 Å². The highest BCUT2D eigenvalue weighted by Gasteiger charge is 2.28. The molecule has 0 aromatic rings. The number of unbranched alkanes of at least 4 members (excludes halogenated alkanes) is 22. The van der Waals surface area contributed by atoms with Gasteiger partial charge in [0.05, 0.1) is 13.1 Å². The van der Waals surface area contributed by atoms with Crippen LogP contribution in [0.25, 0.3) is 0 Å². The molecule has 46 heavy (non-hydrogen) atoms. The van der Waals surface area contributed by atoms with Crippen molar-refractivity contribution < 1.29 is 9.37 Å². The fourth-order valence-corrected chi connectivity index (χ4v) is 6.73. The fourth-order valence-electron chi connectivity index (χ4n) is 6.73. The molecule has 0 aromatic heterocycles. The number of likely N-dealkylation sites (N-methyl/N-ethyl adjacent to an activating group) is 1. The Bertz CT molecular complexity index is 771. The zero-order valence-electron chi connectivity index (χ0n) is 31.4. The van der Waals surface area contributed by atoms with Crippen molar-refractivity contribution in [3.05, 3.63) is 24.3 Å². The highest BCUT2D eigenvalue weighted by atomic mass is 16.1. The van der Waals surface area contributed by atoms with Crippen LogP contribution >= 0.6 is 0 Å². The molecule has 1 aliphatic heterocycles. The summed E-state index contributed by atoms with van der Waals surface area (Å²) >= 11 is 0. The second-order valence-corrected chi connectivity index (χ2v) is 14.0. The predicted molar refractivity (Wildman–Crippen MR) is 204 cm³/mol. The van der Waals surface area contributed by atoms with Crippen molar-refractivity contribution in [2.45, 2.75) is 201 Å². The van der Waals surface area contributed by atoms with Crippen LogP contribution in [-0.4, -0.2) is 53.9 Å². The van der Waals surface area contributed by atoms with Crippen LogP contribution < -0.4 is 5.32 Å². The van der Waals surface area contributed by atoms with Crippen LogP contribution in [0.4, 0.5) is 0 Å². The van der Waals surface area contributed by atoms with Crippen molar-refractivity contribution in [2.75, 3.05) is 32.7 Å². The van der Waals surface area contributed by atoms with E-state index in [2.05, 4.69) is 59.9 Å². The van der Waals surface area contributed by atoms with E-state index in [0.29, 0.717) is 6.42 Å². The third kappa shape index (κ3) is 25.5. The first-order chi connectivity index (χ1) is 22.7. The summed E-state index contributed by atoms with van der Waals surface area (Å²) in [5.41, 5.74) is 0. The van der Waals surface area contributed by atoms with Crippen LogP contribution in [0.5, 0.6) is 0 Å². The van der Waals surface area contributed by atoms with Crippen LogP contribution in [0, 0.1) is 0 Å². The van der Waals surface area contributed by atoms with E-state index < -0.39 is 0 Å². The molecule has 0 saturated heterocycles. The van der Waals surface area contributed by atoms with Gasteiger partial charge in [-0.05, 0) is 71.1 Å². The van der Waals surface area contributed by atoms with E-state index in [1.807, 2.05) is 0 Å². The smallest absolute Gasteiger partial charge is 0.247 e. The number of nitrogens with zero attached hydrogens (tertiary/aromatic N) is 2. The van der Waals surface area contributed by atoms with Crippen molar-refractivity contribution in [2.24, 2.45) is 0 Å². The number of carbonyl (C=O) groups excluding carboxylic acids is 1. The molecule has 4 heteroatoms. The zero-order chi connectivity index (χ0) is 33.2. The summed E-state index contributed by atoms with van der Waals surface area (Å²) in [6, 6.07) is 0. The number of amidine groups is 1. The number of nitrogens with one attached hydrogen (secondary N) is 1. The van der Waals surface area contributed by atoms with Crippen LogP contribution in [0.1, 0.15) is 201 Å². The molecule has 0 saturated carbocycles. The van der Waals surface area contributed by atoms with Gasteiger partial charge in [0.2, 0.25) is 11.7 Å². The standard InChI is InChI=1S/C42H79N3O/c1-4-7-9-11-13-15-17-19-21-23-25-27-29-31-33-35-41(46)43-37-38-45-40-39-44(6-3)42(45)36-34-32-30-28-26-24-22-20-18-16-14-12-10-8-5-2/h19-22H,4-18,23-40H2,1-3H3/p+1/b21-19+,22-20+. The Morgan fingerprint density at radius 1 is 0.609 bits per heavy atom. The molecule has 1 N–H and O–H groups in total. The van der Waals surface area contributed by atoms with Gasteiger partial charge in [0.1, 0.15) is 19.6 Å². The quantitative estimate of drug-likeness (QED) is 0.0430. The van der Waals surface area contributed by atoms with Crippen LogP contribution in [0.15, 0.2) is 24.3 Å². The molecule has 1 rings (SSSR count). The van der Waals surface area contributed by atoms with Gasteiger partial charge in [-0.3, -0.25) is 14.3 Å². The molecular formula is C42H80N3O+. The largest absolute Gasteiger partial charge is 0.352 e. The second-order valence-electron chi connectivity index (χ2n) is 14.0. The Labute approximate surface area is 288 Å². The monoisotopic (exact) mass is 643 g/mol.